The van der Waals surface area contributed by atoms with Gasteiger partial charge < -0.3 is 15.8 Å². The lowest BCUT2D eigenvalue weighted by atomic mass is 10.2. The second kappa shape index (κ2) is 5.65. The van der Waals surface area contributed by atoms with Crippen molar-refractivity contribution in [2.75, 3.05) is 17.6 Å². The molecule has 0 spiro atoms. The highest BCUT2D eigenvalue weighted by molar-refractivity contribution is 5.68. The summed E-state index contributed by atoms with van der Waals surface area (Å²) in [7, 11) is 0. The summed E-state index contributed by atoms with van der Waals surface area (Å²) in [5.74, 6) is -1.07. The summed E-state index contributed by atoms with van der Waals surface area (Å²) >= 11 is 0. The number of benzene rings is 1. The van der Waals surface area contributed by atoms with Crippen molar-refractivity contribution in [3.63, 3.8) is 0 Å². The molecule has 0 aliphatic heterocycles. The van der Waals surface area contributed by atoms with Crippen molar-refractivity contribution in [3.8, 4) is 5.75 Å². The lowest BCUT2D eigenvalue weighted by molar-refractivity contribution is -0.0521. The lowest BCUT2D eigenvalue weighted by Crippen LogP contribution is -2.11. The number of anilines is 2. The molecule has 6 heteroatoms. The van der Waals surface area contributed by atoms with Crippen LogP contribution in [0.15, 0.2) is 12.1 Å². The first-order valence-electron chi connectivity index (χ1n) is 5.18. The normalized spacial score (nSPS) is 11.0. The summed E-state index contributed by atoms with van der Waals surface area (Å²) in [4.78, 5) is 0. The Kier molecular flexibility index (Phi) is 4.48. The molecule has 0 aromatic heterocycles. The van der Waals surface area contributed by atoms with E-state index in [0.717, 1.165) is 12.1 Å². The van der Waals surface area contributed by atoms with Crippen molar-refractivity contribution in [1.29, 1.82) is 0 Å². The Morgan fingerprint density at radius 2 is 2.00 bits per heavy atom. The molecule has 0 saturated carbocycles. The first-order valence-corrected chi connectivity index (χ1v) is 5.18. The van der Waals surface area contributed by atoms with Crippen molar-refractivity contribution in [1.82, 2.24) is 0 Å². The molecule has 0 aliphatic carbocycles. The Morgan fingerprint density at radius 3 is 2.53 bits per heavy atom. The standard InChI is InChI=1S/C11H15F3N2O/c1-6(2)5-16-9-4-10(17-11(13)14)7(12)3-8(9)15/h3-4,6,11,16H,5,15H2,1-2H3. The van der Waals surface area contributed by atoms with E-state index < -0.39 is 18.2 Å². The van der Waals surface area contributed by atoms with Crippen LogP contribution in [0.5, 0.6) is 5.75 Å². The largest absolute Gasteiger partial charge is 0.432 e. The minimum absolute atomic E-state index is 0.157. The SMILES string of the molecule is CC(C)CNc1cc(OC(F)F)c(F)cc1N. The molecule has 0 saturated heterocycles. The van der Waals surface area contributed by atoms with Gasteiger partial charge in [-0.3, -0.25) is 0 Å². The highest BCUT2D eigenvalue weighted by Crippen LogP contribution is 2.29. The van der Waals surface area contributed by atoms with Crippen LogP contribution < -0.4 is 15.8 Å². The average Bonchev–Trinajstić information content (AvgIpc) is 2.19. The van der Waals surface area contributed by atoms with Crippen LogP contribution in [-0.2, 0) is 0 Å². The fourth-order valence-corrected chi connectivity index (χ4v) is 1.22. The smallest absolute Gasteiger partial charge is 0.387 e. The molecule has 0 aliphatic rings. The number of alkyl halides is 2. The third-order valence-corrected chi connectivity index (χ3v) is 2.02. The van der Waals surface area contributed by atoms with Gasteiger partial charge in [-0.15, -0.1) is 0 Å². The van der Waals surface area contributed by atoms with Gasteiger partial charge in [-0.1, -0.05) is 13.8 Å². The van der Waals surface area contributed by atoms with E-state index in [-0.39, 0.29) is 5.69 Å². The van der Waals surface area contributed by atoms with E-state index in [0.29, 0.717) is 18.2 Å². The van der Waals surface area contributed by atoms with E-state index in [4.69, 9.17) is 5.73 Å². The highest BCUT2D eigenvalue weighted by Gasteiger charge is 2.13. The average molecular weight is 248 g/mol. The summed E-state index contributed by atoms with van der Waals surface area (Å²) in [5.41, 5.74) is 6.10. The number of rotatable bonds is 5. The van der Waals surface area contributed by atoms with Gasteiger partial charge in [0.05, 0.1) is 11.4 Å². The quantitative estimate of drug-likeness (QED) is 0.787. The molecule has 0 unspecified atom stereocenters. The highest BCUT2D eigenvalue weighted by atomic mass is 19.3. The van der Waals surface area contributed by atoms with E-state index in [9.17, 15) is 13.2 Å². The zero-order valence-corrected chi connectivity index (χ0v) is 9.64. The van der Waals surface area contributed by atoms with Crippen LogP contribution in [0.2, 0.25) is 0 Å². The summed E-state index contributed by atoms with van der Waals surface area (Å²) in [6.07, 6.45) is 0. The number of nitrogens with two attached hydrogens (primary N) is 1. The van der Waals surface area contributed by atoms with E-state index in [1.165, 1.54) is 0 Å². The van der Waals surface area contributed by atoms with Crippen LogP contribution in [0, 0.1) is 11.7 Å². The second-order valence-corrected chi connectivity index (χ2v) is 4.02. The van der Waals surface area contributed by atoms with Gasteiger partial charge in [0, 0.05) is 18.7 Å². The fraction of sp³-hybridized carbons (Fsp3) is 0.455. The fourth-order valence-electron chi connectivity index (χ4n) is 1.22. The van der Waals surface area contributed by atoms with Crippen LogP contribution in [0.25, 0.3) is 0 Å². The third-order valence-electron chi connectivity index (χ3n) is 2.02. The molecule has 0 amide bonds. The van der Waals surface area contributed by atoms with Gasteiger partial charge in [0.2, 0.25) is 0 Å². The van der Waals surface area contributed by atoms with Crippen LogP contribution >= 0.6 is 0 Å². The molecule has 1 aromatic carbocycles. The number of nitrogens with one attached hydrogen (secondary N) is 1. The minimum atomic E-state index is -3.06. The van der Waals surface area contributed by atoms with Crippen LogP contribution in [0.4, 0.5) is 24.5 Å². The maximum atomic E-state index is 13.2. The van der Waals surface area contributed by atoms with E-state index in [2.05, 4.69) is 10.1 Å². The van der Waals surface area contributed by atoms with E-state index in [1.807, 2.05) is 13.8 Å². The molecule has 1 aromatic rings. The monoisotopic (exact) mass is 248 g/mol. The Morgan fingerprint density at radius 1 is 1.35 bits per heavy atom. The molecular weight excluding hydrogens is 233 g/mol. The second-order valence-electron chi connectivity index (χ2n) is 4.02. The minimum Gasteiger partial charge on any atom is -0.432 e. The zero-order chi connectivity index (χ0) is 13.0. The van der Waals surface area contributed by atoms with Crippen molar-refractivity contribution in [2.24, 2.45) is 5.92 Å². The summed E-state index contributed by atoms with van der Waals surface area (Å²) < 4.78 is 41.3. The van der Waals surface area contributed by atoms with Crippen molar-refractivity contribution < 1.29 is 17.9 Å². The predicted octanol–water partition coefficient (Wildman–Crippen LogP) is 3.08. The topological polar surface area (TPSA) is 47.3 Å². The van der Waals surface area contributed by atoms with Crippen molar-refractivity contribution in [3.05, 3.63) is 17.9 Å². The van der Waals surface area contributed by atoms with Gasteiger partial charge in [0.1, 0.15) is 0 Å². The molecule has 0 heterocycles. The van der Waals surface area contributed by atoms with Gasteiger partial charge in [-0.2, -0.15) is 8.78 Å². The third kappa shape index (κ3) is 4.05. The summed E-state index contributed by atoms with van der Waals surface area (Å²) in [6, 6.07) is 2.10. The van der Waals surface area contributed by atoms with Crippen LogP contribution in [0.1, 0.15) is 13.8 Å². The molecular formula is C11H15F3N2O. The first kappa shape index (κ1) is 13.5. The molecule has 0 fully saturated rings. The summed E-state index contributed by atoms with van der Waals surface area (Å²) in [5, 5.41) is 2.94. The van der Waals surface area contributed by atoms with Gasteiger partial charge in [-0.25, -0.2) is 4.39 Å². The molecule has 0 bridgehead atoms. The van der Waals surface area contributed by atoms with Gasteiger partial charge in [0.15, 0.2) is 11.6 Å². The number of ether oxygens (including phenoxy) is 1. The number of hydrogen-bond donors (Lipinski definition) is 2. The molecule has 17 heavy (non-hydrogen) atoms. The number of hydrogen-bond acceptors (Lipinski definition) is 3. The van der Waals surface area contributed by atoms with Crippen LogP contribution in [-0.4, -0.2) is 13.2 Å². The van der Waals surface area contributed by atoms with Crippen molar-refractivity contribution >= 4 is 11.4 Å². The molecule has 96 valence electrons. The molecule has 3 N–H and O–H groups in total. The van der Waals surface area contributed by atoms with Gasteiger partial charge in [-0.05, 0) is 5.92 Å². The van der Waals surface area contributed by atoms with Crippen LogP contribution in [0.3, 0.4) is 0 Å². The predicted molar refractivity (Wildman–Crippen MR) is 60.8 cm³/mol. The first-order chi connectivity index (χ1) is 7.90. The Hall–Kier alpha value is -1.59. The van der Waals surface area contributed by atoms with E-state index >= 15 is 0 Å². The maximum Gasteiger partial charge on any atom is 0.387 e. The molecule has 3 nitrogen and oxygen atoms in total. The van der Waals surface area contributed by atoms with Gasteiger partial charge >= 0.3 is 6.61 Å². The maximum absolute atomic E-state index is 13.2. The number of nitrogen functional groups attached to an aromatic ring is 1. The van der Waals surface area contributed by atoms with Crippen molar-refractivity contribution in [2.45, 2.75) is 20.5 Å². The Balaban J connectivity index is 2.89. The Bertz CT molecular complexity index is 383. The van der Waals surface area contributed by atoms with E-state index in [1.54, 1.807) is 0 Å². The Labute approximate surface area is 97.8 Å². The zero-order valence-electron chi connectivity index (χ0n) is 9.64. The molecule has 0 atom stereocenters. The lowest BCUT2D eigenvalue weighted by Gasteiger charge is -2.14. The van der Waals surface area contributed by atoms with Gasteiger partial charge in [0.25, 0.3) is 0 Å². The molecule has 0 radical (unpaired) electrons. The number of halogens is 3. The molecule has 1 rings (SSSR count). The summed E-state index contributed by atoms with van der Waals surface area (Å²) in [6.45, 7) is 1.49.